The van der Waals surface area contributed by atoms with Gasteiger partial charge in [-0.3, -0.25) is 10.1 Å². The summed E-state index contributed by atoms with van der Waals surface area (Å²) in [6.07, 6.45) is 1.55. The van der Waals surface area contributed by atoms with E-state index in [9.17, 15) is 4.79 Å². The minimum absolute atomic E-state index is 0.243. The van der Waals surface area contributed by atoms with E-state index in [4.69, 9.17) is 0 Å². The van der Waals surface area contributed by atoms with E-state index in [2.05, 4.69) is 50.3 Å². The zero-order valence-corrected chi connectivity index (χ0v) is 14.0. The Morgan fingerprint density at radius 3 is 2.87 bits per heavy atom. The molecule has 3 aromatic heterocycles. The van der Waals surface area contributed by atoms with E-state index < -0.39 is 0 Å². The molecule has 3 heterocycles. The topological polar surface area (TPSA) is 79.8 Å². The van der Waals surface area contributed by atoms with Crippen LogP contribution in [0.4, 0.5) is 10.9 Å². The van der Waals surface area contributed by atoms with Gasteiger partial charge in [-0.2, -0.15) is 0 Å². The number of nitrogens with zero attached hydrogens (tertiary/aromatic N) is 3. The van der Waals surface area contributed by atoms with Crippen LogP contribution >= 0.6 is 22.7 Å². The first-order valence-electron chi connectivity index (χ1n) is 7.03. The number of hydrogen-bond acceptors (Lipinski definition) is 7. The summed E-state index contributed by atoms with van der Waals surface area (Å²) in [7, 11) is 0. The molecule has 0 radical (unpaired) electrons. The minimum Gasteiger partial charge on any atom is -0.369 e. The van der Waals surface area contributed by atoms with Crippen molar-refractivity contribution in [3.63, 3.8) is 0 Å². The molecule has 0 saturated carbocycles. The number of hydrogen-bond donors (Lipinski definition) is 2. The van der Waals surface area contributed by atoms with E-state index in [1.807, 2.05) is 0 Å². The van der Waals surface area contributed by atoms with Gasteiger partial charge in [0.2, 0.25) is 5.13 Å². The summed E-state index contributed by atoms with van der Waals surface area (Å²) in [4.78, 5) is 17.6. The first-order chi connectivity index (χ1) is 11.2. The van der Waals surface area contributed by atoms with Crippen LogP contribution in [-0.2, 0) is 0 Å². The van der Waals surface area contributed by atoms with E-state index >= 15 is 0 Å². The van der Waals surface area contributed by atoms with Gasteiger partial charge in [0, 0.05) is 23.5 Å². The lowest BCUT2D eigenvalue weighted by Crippen LogP contribution is -2.13. The van der Waals surface area contributed by atoms with Crippen molar-refractivity contribution < 1.29 is 4.79 Å². The van der Waals surface area contributed by atoms with Gasteiger partial charge < -0.3 is 5.32 Å². The number of anilines is 2. The summed E-state index contributed by atoms with van der Waals surface area (Å²) in [5.74, 6) is 0.922. The van der Waals surface area contributed by atoms with Crippen molar-refractivity contribution in [2.75, 3.05) is 17.2 Å². The van der Waals surface area contributed by atoms with Crippen LogP contribution in [0.5, 0.6) is 0 Å². The minimum atomic E-state index is -0.243. The Bertz CT molecular complexity index is 741. The van der Waals surface area contributed by atoms with Gasteiger partial charge in [0.25, 0.3) is 5.91 Å². The predicted molar refractivity (Wildman–Crippen MR) is 93.3 cm³/mol. The fourth-order valence-corrected chi connectivity index (χ4v) is 3.19. The fraction of sp³-hybridized carbons (Fsp3) is 0.200. The van der Waals surface area contributed by atoms with Crippen molar-refractivity contribution >= 4 is 39.5 Å². The maximum atomic E-state index is 12.0. The molecule has 1 unspecified atom stereocenters. The highest BCUT2D eigenvalue weighted by atomic mass is 32.1. The molecule has 0 aliphatic heterocycles. The third kappa shape index (κ3) is 4.11. The predicted octanol–water partition coefficient (Wildman–Crippen LogP) is 3.46. The number of nitrogens with one attached hydrogen (secondary N) is 2. The van der Waals surface area contributed by atoms with Crippen molar-refractivity contribution in [2.45, 2.75) is 12.8 Å². The smallest absolute Gasteiger partial charge is 0.259 e. The third-order valence-corrected chi connectivity index (χ3v) is 4.93. The summed E-state index contributed by atoms with van der Waals surface area (Å²) in [5.41, 5.74) is 2.05. The molecule has 2 N–H and O–H groups in total. The number of rotatable bonds is 6. The maximum absolute atomic E-state index is 12.0. The molecule has 3 aromatic rings. The second-order valence-corrected chi connectivity index (χ2v) is 6.74. The molecule has 1 amide bonds. The molecule has 118 valence electrons. The number of thiophene rings is 1. The Morgan fingerprint density at radius 2 is 2.22 bits per heavy atom. The normalized spacial score (nSPS) is 11.9. The Kier molecular flexibility index (Phi) is 4.94. The second-order valence-electron chi connectivity index (χ2n) is 4.93. The van der Waals surface area contributed by atoms with Crippen LogP contribution in [0.3, 0.4) is 0 Å². The van der Waals surface area contributed by atoms with Crippen molar-refractivity contribution in [3.8, 4) is 0 Å². The van der Waals surface area contributed by atoms with E-state index in [0.717, 1.165) is 12.4 Å². The van der Waals surface area contributed by atoms with Crippen molar-refractivity contribution in [3.05, 3.63) is 51.8 Å². The first kappa shape index (κ1) is 15.6. The number of amides is 1. The molecule has 0 spiro atoms. The molecule has 0 aliphatic rings. The second kappa shape index (κ2) is 7.30. The molecule has 0 saturated heterocycles. The van der Waals surface area contributed by atoms with Crippen LogP contribution < -0.4 is 10.6 Å². The van der Waals surface area contributed by atoms with E-state index in [-0.39, 0.29) is 5.91 Å². The van der Waals surface area contributed by atoms with Crippen molar-refractivity contribution in [2.24, 2.45) is 0 Å². The summed E-state index contributed by atoms with van der Waals surface area (Å²) in [6, 6.07) is 7.73. The average Bonchev–Trinajstić information content (AvgIpc) is 3.26. The van der Waals surface area contributed by atoms with Crippen LogP contribution in [0.1, 0.15) is 28.1 Å². The Morgan fingerprint density at radius 1 is 1.30 bits per heavy atom. The lowest BCUT2D eigenvalue weighted by molar-refractivity contribution is 0.102. The Balaban J connectivity index is 1.55. The third-order valence-electron chi connectivity index (χ3n) is 3.22. The molecule has 6 nitrogen and oxygen atoms in total. The maximum Gasteiger partial charge on any atom is 0.259 e. The van der Waals surface area contributed by atoms with Gasteiger partial charge in [0.15, 0.2) is 0 Å². The molecule has 3 rings (SSSR count). The zero-order valence-electron chi connectivity index (χ0n) is 12.4. The van der Waals surface area contributed by atoms with Gasteiger partial charge in [-0.05, 0) is 23.6 Å². The lowest BCUT2D eigenvalue weighted by Gasteiger charge is -2.11. The zero-order chi connectivity index (χ0) is 16.1. The Labute approximate surface area is 141 Å². The summed E-state index contributed by atoms with van der Waals surface area (Å²) in [6.45, 7) is 2.96. The fourth-order valence-electron chi connectivity index (χ4n) is 1.96. The molecule has 0 aliphatic carbocycles. The molecule has 23 heavy (non-hydrogen) atoms. The highest BCUT2D eigenvalue weighted by molar-refractivity contribution is 7.13. The summed E-state index contributed by atoms with van der Waals surface area (Å²) in [5, 5.41) is 16.0. The lowest BCUT2D eigenvalue weighted by atomic mass is 10.1. The molecular formula is C15H15N5OS2. The van der Waals surface area contributed by atoms with Gasteiger partial charge in [-0.15, -0.1) is 21.5 Å². The van der Waals surface area contributed by atoms with Gasteiger partial charge in [0.1, 0.15) is 11.3 Å². The summed E-state index contributed by atoms with van der Waals surface area (Å²) >= 11 is 3.02. The molecule has 1 atom stereocenters. The molecule has 0 bridgehead atoms. The quantitative estimate of drug-likeness (QED) is 0.715. The highest BCUT2D eigenvalue weighted by Gasteiger charge is 2.10. The van der Waals surface area contributed by atoms with Crippen LogP contribution in [-0.4, -0.2) is 27.6 Å². The number of carbonyl (C=O) groups is 1. The van der Waals surface area contributed by atoms with Crippen LogP contribution in [0.15, 0.2) is 41.4 Å². The Hall–Kier alpha value is -2.32. The van der Waals surface area contributed by atoms with Gasteiger partial charge in [-0.1, -0.05) is 24.3 Å². The largest absolute Gasteiger partial charge is 0.369 e. The molecule has 8 heteroatoms. The van der Waals surface area contributed by atoms with E-state index in [1.165, 1.54) is 16.2 Å². The van der Waals surface area contributed by atoms with Crippen LogP contribution in [0.2, 0.25) is 0 Å². The monoisotopic (exact) mass is 345 g/mol. The van der Waals surface area contributed by atoms with E-state index in [0.29, 0.717) is 16.6 Å². The SMILES string of the molecule is CC(CNc1ccc(C(=O)Nc2nncs2)cn1)c1cccs1. The number of aromatic nitrogens is 3. The highest BCUT2D eigenvalue weighted by Crippen LogP contribution is 2.21. The van der Waals surface area contributed by atoms with Crippen LogP contribution in [0, 0.1) is 0 Å². The summed E-state index contributed by atoms with van der Waals surface area (Å²) < 4.78 is 0. The molecular weight excluding hydrogens is 330 g/mol. The standard InChI is InChI=1S/C15H15N5OS2/c1-10(12-3-2-6-22-12)7-16-13-5-4-11(8-17-13)14(21)19-15-20-18-9-23-15/h2-6,8-10H,7H2,1H3,(H,16,17)(H,19,20,21). The number of carbonyl (C=O) groups excluding carboxylic acids is 1. The van der Waals surface area contributed by atoms with Crippen LogP contribution in [0.25, 0.3) is 0 Å². The molecule has 0 fully saturated rings. The van der Waals surface area contributed by atoms with Gasteiger partial charge >= 0.3 is 0 Å². The number of pyridine rings is 1. The average molecular weight is 345 g/mol. The van der Waals surface area contributed by atoms with Crippen molar-refractivity contribution in [1.82, 2.24) is 15.2 Å². The van der Waals surface area contributed by atoms with E-state index in [1.54, 1.807) is 35.2 Å². The van der Waals surface area contributed by atoms with Gasteiger partial charge in [-0.25, -0.2) is 4.98 Å². The molecule has 0 aromatic carbocycles. The van der Waals surface area contributed by atoms with Gasteiger partial charge in [0.05, 0.1) is 5.56 Å². The first-order valence-corrected chi connectivity index (χ1v) is 8.79. The van der Waals surface area contributed by atoms with Crippen molar-refractivity contribution in [1.29, 1.82) is 0 Å².